The molecule has 0 fully saturated rings. The van der Waals surface area contributed by atoms with Crippen LogP contribution in [-0.4, -0.2) is 22.6 Å². The first-order valence-electron chi connectivity index (χ1n) is 4.44. The average molecular weight is 205 g/mol. The maximum Gasteiger partial charge on any atom is 0.340 e. The first kappa shape index (κ1) is 9.51. The molecule has 1 heterocycles. The molecule has 0 bridgehead atoms. The summed E-state index contributed by atoms with van der Waals surface area (Å²) in [6.45, 7) is 0. The standard InChI is InChI=1S/C10H11N3O2/c1-13-8-6(9(14)15-2)4-3-5-7(8)12-10(13)11/h3-5H,1-2H3,(H2,11,12). The molecule has 15 heavy (non-hydrogen) atoms. The molecule has 5 heteroatoms. The van der Waals surface area contributed by atoms with E-state index in [2.05, 4.69) is 9.72 Å². The third-order valence-corrected chi connectivity index (χ3v) is 2.33. The molecule has 0 saturated heterocycles. The van der Waals surface area contributed by atoms with E-state index in [1.54, 1.807) is 29.8 Å². The Morgan fingerprint density at radius 3 is 2.93 bits per heavy atom. The molecular weight excluding hydrogens is 194 g/mol. The molecule has 0 aliphatic rings. The lowest BCUT2D eigenvalue weighted by Crippen LogP contribution is -2.05. The van der Waals surface area contributed by atoms with Crippen molar-refractivity contribution in [1.82, 2.24) is 9.55 Å². The number of carbonyl (C=O) groups excluding carboxylic acids is 1. The van der Waals surface area contributed by atoms with Crippen molar-refractivity contribution in [2.45, 2.75) is 0 Å². The number of carbonyl (C=O) groups is 1. The van der Waals surface area contributed by atoms with Crippen molar-refractivity contribution in [3.8, 4) is 0 Å². The van der Waals surface area contributed by atoms with E-state index in [0.717, 1.165) is 0 Å². The van der Waals surface area contributed by atoms with Gasteiger partial charge in [-0.1, -0.05) is 6.07 Å². The number of imidazole rings is 1. The predicted molar refractivity (Wildman–Crippen MR) is 56.5 cm³/mol. The molecule has 0 aliphatic heterocycles. The molecule has 0 radical (unpaired) electrons. The van der Waals surface area contributed by atoms with Crippen molar-refractivity contribution < 1.29 is 9.53 Å². The average Bonchev–Trinajstić information content (AvgIpc) is 2.54. The molecule has 0 amide bonds. The van der Waals surface area contributed by atoms with E-state index < -0.39 is 0 Å². The van der Waals surface area contributed by atoms with Crippen LogP contribution in [-0.2, 0) is 11.8 Å². The lowest BCUT2D eigenvalue weighted by atomic mass is 10.2. The van der Waals surface area contributed by atoms with Crippen molar-refractivity contribution >= 4 is 23.0 Å². The minimum absolute atomic E-state index is 0.376. The normalized spacial score (nSPS) is 10.5. The van der Waals surface area contributed by atoms with Crippen LogP contribution in [0.4, 0.5) is 5.95 Å². The Balaban J connectivity index is 2.80. The summed E-state index contributed by atoms with van der Waals surface area (Å²) in [7, 11) is 3.11. The SMILES string of the molecule is COC(=O)c1cccc2nc(N)n(C)c12. The van der Waals surface area contributed by atoms with Gasteiger partial charge in [-0.2, -0.15) is 0 Å². The number of nitrogens with zero attached hydrogens (tertiary/aromatic N) is 2. The quantitative estimate of drug-likeness (QED) is 0.703. The number of benzene rings is 1. The van der Waals surface area contributed by atoms with Crippen LogP contribution < -0.4 is 5.73 Å². The maximum atomic E-state index is 11.5. The number of para-hydroxylation sites is 1. The molecule has 0 unspecified atom stereocenters. The Hall–Kier alpha value is -2.04. The number of rotatable bonds is 1. The molecule has 2 N–H and O–H groups in total. The summed E-state index contributed by atoms with van der Waals surface area (Å²) in [6.07, 6.45) is 0. The number of esters is 1. The minimum Gasteiger partial charge on any atom is -0.465 e. The minimum atomic E-state index is -0.386. The summed E-state index contributed by atoms with van der Waals surface area (Å²) in [5.41, 5.74) is 7.53. The summed E-state index contributed by atoms with van der Waals surface area (Å²) in [5.74, 6) is -0.00930. The largest absolute Gasteiger partial charge is 0.465 e. The van der Waals surface area contributed by atoms with Crippen LogP contribution in [0.15, 0.2) is 18.2 Å². The Labute approximate surface area is 86.5 Å². The van der Waals surface area contributed by atoms with Crippen molar-refractivity contribution in [1.29, 1.82) is 0 Å². The zero-order chi connectivity index (χ0) is 11.0. The Bertz CT molecular complexity index is 531. The second-order valence-electron chi connectivity index (χ2n) is 3.19. The van der Waals surface area contributed by atoms with Crippen molar-refractivity contribution in [3.63, 3.8) is 0 Å². The highest BCUT2D eigenvalue weighted by atomic mass is 16.5. The number of nitrogen functional groups attached to an aromatic ring is 1. The van der Waals surface area contributed by atoms with E-state index in [9.17, 15) is 4.79 Å². The highest BCUT2D eigenvalue weighted by Crippen LogP contribution is 2.20. The van der Waals surface area contributed by atoms with Gasteiger partial charge in [-0.25, -0.2) is 9.78 Å². The second kappa shape index (κ2) is 3.27. The third-order valence-electron chi connectivity index (χ3n) is 2.33. The second-order valence-corrected chi connectivity index (χ2v) is 3.19. The fourth-order valence-electron chi connectivity index (χ4n) is 1.56. The van der Waals surface area contributed by atoms with E-state index in [0.29, 0.717) is 22.5 Å². The monoisotopic (exact) mass is 205 g/mol. The molecule has 5 nitrogen and oxygen atoms in total. The van der Waals surface area contributed by atoms with Crippen molar-refractivity contribution in [3.05, 3.63) is 23.8 Å². The number of ether oxygens (including phenoxy) is 1. The van der Waals surface area contributed by atoms with Crippen molar-refractivity contribution in [2.75, 3.05) is 12.8 Å². The van der Waals surface area contributed by atoms with Gasteiger partial charge < -0.3 is 15.0 Å². The Morgan fingerprint density at radius 2 is 2.27 bits per heavy atom. The van der Waals surface area contributed by atoms with Gasteiger partial charge in [0.15, 0.2) is 0 Å². The van der Waals surface area contributed by atoms with Crippen LogP contribution in [0.3, 0.4) is 0 Å². The van der Waals surface area contributed by atoms with Crippen LogP contribution in [0.25, 0.3) is 11.0 Å². The molecule has 0 saturated carbocycles. The van der Waals surface area contributed by atoms with Gasteiger partial charge in [0.25, 0.3) is 0 Å². The van der Waals surface area contributed by atoms with Gasteiger partial charge in [-0.05, 0) is 12.1 Å². The lowest BCUT2D eigenvalue weighted by molar-refractivity contribution is 0.0602. The summed E-state index contributed by atoms with van der Waals surface area (Å²) in [4.78, 5) is 15.6. The van der Waals surface area contributed by atoms with Crippen LogP contribution in [0.2, 0.25) is 0 Å². The van der Waals surface area contributed by atoms with Crippen LogP contribution >= 0.6 is 0 Å². The number of aromatic nitrogens is 2. The molecular formula is C10H11N3O2. The summed E-state index contributed by atoms with van der Waals surface area (Å²) in [5, 5.41) is 0. The number of fused-ring (bicyclic) bond motifs is 1. The zero-order valence-corrected chi connectivity index (χ0v) is 8.52. The number of hydrogen-bond acceptors (Lipinski definition) is 4. The summed E-state index contributed by atoms with van der Waals surface area (Å²) in [6, 6.07) is 5.24. The number of methoxy groups -OCH3 is 1. The number of nitrogens with two attached hydrogens (primary N) is 1. The van der Waals surface area contributed by atoms with Gasteiger partial charge in [0, 0.05) is 7.05 Å². The van der Waals surface area contributed by atoms with Gasteiger partial charge in [0.2, 0.25) is 5.95 Å². The van der Waals surface area contributed by atoms with Crippen LogP contribution in [0.1, 0.15) is 10.4 Å². The molecule has 1 aromatic heterocycles. The van der Waals surface area contributed by atoms with Gasteiger partial charge >= 0.3 is 5.97 Å². The Kier molecular flexibility index (Phi) is 2.07. The molecule has 0 atom stereocenters. The van der Waals surface area contributed by atoms with E-state index >= 15 is 0 Å². The molecule has 0 spiro atoms. The fourth-order valence-corrected chi connectivity index (χ4v) is 1.56. The van der Waals surface area contributed by atoms with Gasteiger partial charge in [-0.3, -0.25) is 0 Å². The predicted octanol–water partition coefficient (Wildman–Crippen LogP) is 0.942. The van der Waals surface area contributed by atoms with E-state index in [-0.39, 0.29) is 5.97 Å². The van der Waals surface area contributed by atoms with E-state index in [1.165, 1.54) is 7.11 Å². The zero-order valence-electron chi connectivity index (χ0n) is 8.52. The first-order valence-corrected chi connectivity index (χ1v) is 4.44. The lowest BCUT2D eigenvalue weighted by Gasteiger charge is -2.02. The van der Waals surface area contributed by atoms with E-state index in [1.807, 2.05) is 0 Å². The molecule has 1 aromatic carbocycles. The Morgan fingerprint density at radius 1 is 1.53 bits per heavy atom. The number of hydrogen-bond donors (Lipinski definition) is 1. The first-order chi connectivity index (χ1) is 7.15. The summed E-state index contributed by atoms with van der Waals surface area (Å²) < 4.78 is 6.36. The molecule has 78 valence electrons. The highest BCUT2D eigenvalue weighted by Gasteiger charge is 2.14. The maximum absolute atomic E-state index is 11.5. The van der Waals surface area contributed by atoms with Gasteiger partial charge in [0.1, 0.15) is 0 Å². The highest BCUT2D eigenvalue weighted by molar-refractivity contribution is 6.02. The smallest absolute Gasteiger partial charge is 0.340 e. The molecule has 0 aliphatic carbocycles. The van der Waals surface area contributed by atoms with Crippen LogP contribution in [0.5, 0.6) is 0 Å². The number of aryl methyl sites for hydroxylation is 1. The van der Waals surface area contributed by atoms with Gasteiger partial charge in [0.05, 0.1) is 23.7 Å². The summed E-state index contributed by atoms with van der Waals surface area (Å²) >= 11 is 0. The third kappa shape index (κ3) is 1.32. The van der Waals surface area contributed by atoms with Crippen molar-refractivity contribution in [2.24, 2.45) is 7.05 Å². The fraction of sp³-hybridized carbons (Fsp3) is 0.200. The molecule has 2 aromatic rings. The number of anilines is 1. The van der Waals surface area contributed by atoms with Crippen LogP contribution in [0, 0.1) is 0 Å². The van der Waals surface area contributed by atoms with Gasteiger partial charge in [-0.15, -0.1) is 0 Å². The topological polar surface area (TPSA) is 70.1 Å². The molecule has 2 rings (SSSR count). The van der Waals surface area contributed by atoms with E-state index in [4.69, 9.17) is 5.73 Å².